The lowest BCUT2D eigenvalue weighted by atomic mass is 10.0. The van der Waals surface area contributed by atoms with Crippen molar-refractivity contribution in [2.24, 2.45) is 11.8 Å². The largest absolute Gasteiger partial charge is 0.463 e. The van der Waals surface area contributed by atoms with E-state index in [1.807, 2.05) is 0 Å². The van der Waals surface area contributed by atoms with Crippen LogP contribution in [-0.4, -0.2) is 25.2 Å². The summed E-state index contributed by atoms with van der Waals surface area (Å²) < 4.78 is 10.2. The van der Waals surface area contributed by atoms with Gasteiger partial charge in [-0.1, -0.05) is 66.2 Å². The van der Waals surface area contributed by atoms with E-state index in [9.17, 15) is 9.59 Å². The van der Waals surface area contributed by atoms with Crippen molar-refractivity contribution >= 4 is 11.9 Å². The summed E-state index contributed by atoms with van der Waals surface area (Å²) in [4.78, 5) is 23.1. The Morgan fingerprint density at radius 3 is 1.46 bits per heavy atom. The highest BCUT2D eigenvalue weighted by Gasteiger charge is 2.06. The Labute approximate surface area is 148 Å². The van der Waals surface area contributed by atoms with E-state index in [1.54, 1.807) is 0 Å². The molecule has 4 heteroatoms. The molecule has 0 aliphatic rings. The van der Waals surface area contributed by atoms with E-state index in [-0.39, 0.29) is 0 Å². The van der Waals surface area contributed by atoms with Crippen LogP contribution in [-0.2, 0) is 19.1 Å². The number of hydrogen-bond acceptors (Lipinski definition) is 4. The van der Waals surface area contributed by atoms with Crippen molar-refractivity contribution in [3.8, 4) is 0 Å². The van der Waals surface area contributed by atoms with E-state index in [1.165, 1.54) is 25.7 Å². The molecule has 140 valence electrons. The highest BCUT2D eigenvalue weighted by molar-refractivity contribution is 5.91. The number of esters is 2. The second kappa shape index (κ2) is 15.2. The van der Waals surface area contributed by atoms with Gasteiger partial charge in [-0.15, -0.1) is 0 Å². The molecule has 0 saturated carbocycles. The van der Waals surface area contributed by atoms with Gasteiger partial charge in [-0.2, -0.15) is 0 Å². The van der Waals surface area contributed by atoms with E-state index in [2.05, 4.69) is 27.7 Å². The average molecular weight is 341 g/mol. The van der Waals surface area contributed by atoms with Crippen molar-refractivity contribution in [1.82, 2.24) is 0 Å². The summed E-state index contributed by atoms with van der Waals surface area (Å²) >= 11 is 0. The SMILES string of the molecule is CCCC[C@@H](C)CCOC(=O)/C=C\C(=O)OCC[C@@H](C)CCCC. The zero-order chi connectivity index (χ0) is 18.2. The molecule has 0 fully saturated rings. The lowest BCUT2D eigenvalue weighted by Crippen LogP contribution is -2.09. The molecule has 0 unspecified atom stereocenters. The van der Waals surface area contributed by atoms with E-state index in [4.69, 9.17) is 9.47 Å². The van der Waals surface area contributed by atoms with Crippen LogP contribution in [0.2, 0.25) is 0 Å². The molecule has 0 bridgehead atoms. The summed E-state index contributed by atoms with van der Waals surface area (Å²) in [5, 5.41) is 0. The molecule has 0 N–H and O–H groups in total. The predicted octanol–water partition coefficient (Wildman–Crippen LogP) is 5.06. The second-order valence-corrected chi connectivity index (χ2v) is 6.74. The number of carbonyl (C=O) groups is 2. The molecule has 24 heavy (non-hydrogen) atoms. The number of hydrogen-bond donors (Lipinski definition) is 0. The molecular formula is C20H36O4. The zero-order valence-corrected chi connectivity index (χ0v) is 16.0. The first kappa shape index (κ1) is 22.7. The highest BCUT2D eigenvalue weighted by atomic mass is 16.5. The molecule has 0 amide bonds. The number of unbranched alkanes of at least 4 members (excludes halogenated alkanes) is 2. The van der Waals surface area contributed by atoms with Gasteiger partial charge in [-0.05, 0) is 24.7 Å². The molecule has 4 nitrogen and oxygen atoms in total. The topological polar surface area (TPSA) is 52.6 Å². The highest BCUT2D eigenvalue weighted by Crippen LogP contribution is 2.12. The maximum atomic E-state index is 11.5. The summed E-state index contributed by atoms with van der Waals surface area (Å²) in [6, 6.07) is 0. The third-order valence-corrected chi connectivity index (χ3v) is 4.17. The number of ether oxygens (including phenoxy) is 2. The molecule has 0 aromatic carbocycles. The Bertz CT molecular complexity index is 329. The van der Waals surface area contributed by atoms with Crippen molar-refractivity contribution in [2.75, 3.05) is 13.2 Å². The van der Waals surface area contributed by atoms with Crippen LogP contribution in [0.5, 0.6) is 0 Å². The van der Waals surface area contributed by atoms with Crippen LogP contribution in [0.1, 0.15) is 79.1 Å². The van der Waals surface area contributed by atoms with Crippen molar-refractivity contribution in [2.45, 2.75) is 79.1 Å². The van der Waals surface area contributed by atoms with E-state index >= 15 is 0 Å². The van der Waals surface area contributed by atoms with Gasteiger partial charge in [0, 0.05) is 12.2 Å². The fourth-order valence-electron chi connectivity index (χ4n) is 2.35. The molecule has 0 aromatic rings. The molecular weight excluding hydrogens is 304 g/mol. The fraction of sp³-hybridized carbons (Fsp3) is 0.800. The van der Waals surface area contributed by atoms with Gasteiger partial charge < -0.3 is 9.47 Å². The molecule has 2 atom stereocenters. The van der Waals surface area contributed by atoms with Gasteiger partial charge in [-0.3, -0.25) is 0 Å². The lowest BCUT2D eigenvalue weighted by Gasteiger charge is -2.10. The van der Waals surface area contributed by atoms with Crippen molar-refractivity contribution in [3.63, 3.8) is 0 Å². The summed E-state index contributed by atoms with van der Waals surface area (Å²) in [6.07, 6.45) is 11.1. The van der Waals surface area contributed by atoms with Gasteiger partial charge >= 0.3 is 11.9 Å². The normalized spacial score (nSPS) is 13.7. The Hall–Kier alpha value is -1.32. The third-order valence-electron chi connectivity index (χ3n) is 4.17. The Morgan fingerprint density at radius 1 is 0.750 bits per heavy atom. The molecule has 0 radical (unpaired) electrons. The van der Waals surface area contributed by atoms with E-state index in [0.29, 0.717) is 25.0 Å². The minimum Gasteiger partial charge on any atom is -0.463 e. The molecule has 0 rings (SSSR count). The van der Waals surface area contributed by atoms with Crippen LogP contribution in [0.25, 0.3) is 0 Å². The Balaban J connectivity index is 3.75. The summed E-state index contributed by atoms with van der Waals surface area (Å²) in [5.41, 5.74) is 0. The molecule has 0 heterocycles. The molecule has 0 saturated heterocycles. The van der Waals surface area contributed by atoms with Crippen molar-refractivity contribution in [1.29, 1.82) is 0 Å². The van der Waals surface area contributed by atoms with Crippen molar-refractivity contribution < 1.29 is 19.1 Å². The average Bonchev–Trinajstić information content (AvgIpc) is 2.56. The van der Waals surface area contributed by atoms with Crippen LogP contribution in [0, 0.1) is 11.8 Å². The van der Waals surface area contributed by atoms with Gasteiger partial charge in [0.25, 0.3) is 0 Å². The maximum absolute atomic E-state index is 11.5. The first-order valence-electron chi connectivity index (χ1n) is 9.51. The van der Waals surface area contributed by atoms with Crippen LogP contribution < -0.4 is 0 Å². The zero-order valence-electron chi connectivity index (χ0n) is 16.0. The summed E-state index contributed by atoms with van der Waals surface area (Å²) in [5.74, 6) is 0.152. The third kappa shape index (κ3) is 14.3. The monoisotopic (exact) mass is 340 g/mol. The van der Waals surface area contributed by atoms with Gasteiger partial charge in [0.1, 0.15) is 0 Å². The van der Waals surface area contributed by atoms with Crippen molar-refractivity contribution in [3.05, 3.63) is 12.2 Å². The molecule has 0 aliphatic heterocycles. The minimum absolute atomic E-state index is 0.401. The second-order valence-electron chi connectivity index (χ2n) is 6.74. The van der Waals surface area contributed by atoms with E-state index < -0.39 is 11.9 Å². The van der Waals surface area contributed by atoms with Gasteiger partial charge in [0.15, 0.2) is 0 Å². The van der Waals surface area contributed by atoms with Crippen LogP contribution in [0.3, 0.4) is 0 Å². The molecule has 0 spiro atoms. The first-order chi connectivity index (χ1) is 11.5. The molecule has 0 aromatic heterocycles. The predicted molar refractivity (Wildman–Crippen MR) is 97.7 cm³/mol. The van der Waals surface area contributed by atoms with E-state index in [0.717, 1.165) is 37.8 Å². The summed E-state index contributed by atoms with van der Waals surface area (Å²) in [7, 11) is 0. The van der Waals surface area contributed by atoms with Crippen LogP contribution in [0.4, 0.5) is 0 Å². The van der Waals surface area contributed by atoms with Crippen LogP contribution >= 0.6 is 0 Å². The smallest absolute Gasteiger partial charge is 0.331 e. The lowest BCUT2D eigenvalue weighted by molar-refractivity contribution is -0.140. The number of rotatable bonds is 14. The van der Waals surface area contributed by atoms with Gasteiger partial charge in [0.05, 0.1) is 13.2 Å². The standard InChI is InChI=1S/C20H36O4/c1-5-7-9-17(3)13-15-23-19(21)11-12-20(22)24-16-14-18(4)10-8-6-2/h11-12,17-18H,5-10,13-16H2,1-4H3/b12-11-/t17-,18+. The maximum Gasteiger partial charge on any atom is 0.331 e. The Morgan fingerprint density at radius 2 is 1.12 bits per heavy atom. The van der Waals surface area contributed by atoms with Gasteiger partial charge in [0.2, 0.25) is 0 Å². The fourth-order valence-corrected chi connectivity index (χ4v) is 2.35. The first-order valence-corrected chi connectivity index (χ1v) is 9.51. The number of carbonyl (C=O) groups excluding carboxylic acids is 2. The van der Waals surface area contributed by atoms with Gasteiger partial charge in [-0.25, -0.2) is 9.59 Å². The molecule has 0 aliphatic carbocycles. The Kier molecular flexibility index (Phi) is 14.4. The quantitative estimate of drug-likeness (QED) is 0.327. The minimum atomic E-state index is -0.481. The van der Waals surface area contributed by atoms with Crippen LogP contribution in [0.15, 0.2) is 12.2 Å². The summed E-state index contributed by atoms with van der Waals surface area (Å²) in [6.45, 7) is 9.47.